The molecule has 0 fully saturated rings. The SMILES string of the molecule is C=CC(C)=NP. The van der Waals surface area contributed by atoms with Crippen molar-refractivity contribution in [3.05, 3.63) is 12.7 Å². The van der Waals surface area contributed by atoms with Crippen molar-refractivity contribution in [2.75, 3.05) is 0 Å². The zero-order valence-electron chi connectivity index (χ0n) is 3.81. The molecule has 34 valence electrons. The Morgan fingerprint density at radius 2 is 2.50 bits per heavy atom. The molecule has 0 bridgehead atoms. The molecule has 0 heterocycles. The van der Waals surface area contributed by atoms with Crippen LogP contribution in [0.1, 0.15) is 6.92 Å². The predicted molar refractivity (Wildman–Crippen MR) is 33.0 cm³/mol. The highest BCUT2D eigenvalue weighted by molar-refractivity contribution is 7.15. The first-order valence-corrected chi connectivity index (χ1v) is 2.20. The lowest BCUT2D eigenvalue weighted by atomic mass is 10.4. The monoisotopic (exact) mass is 101 g/mol. The predicted octanol–water partition coefficient (Wildman–Crippen LogP) is 1.42. The van der Waals surface area contributed by atoms with E-state index in [-0.39, 0.29) is 0 Å². The zero-order valence-corrected chi connectivity index (χ0v) is 4.96. The summed E-state index contributed by atoms with van der Waals surface area (Å²) in [5, 5.41) is 0. The quantitative estimate of drug-likeness (QED) is 0.350. The molecule has 0 aromatic rings. The summed E-state index contributed by atoms with van der Waals surface area (Å²) in [6.45, 7) is 5.38. The van der Waals surface area contributed by atoms with E-state index in [4.69, 9.17) is 0 Å². The van der Waals surface area contributed by atoms with E-state index in [1.807, 2.05) is 6.92 Å². The fourth-order valence-corrected chi connectivity index (χ4v) is 0.158. The molecule has 0 saturated carbocycles. The van der Waals surface area contributed by atoms with Crippen LogP contribution in [0.5, 0.6) is 0 Å². The van der Waals surface area contributed by atoms with Crippen molar-refractivity contribution in [2.24, 2.45) is 4.76 Å². The summed E-state index contributed by atoms with van der Waals surface area (Å²) < 4.78 is 3.72. The second kappa shape index (κ2) is 3.05. The fraction of sp³-hybridized carbons (Fsp3) is 0.250. The van der Waals surface area contributed by atoms with Gasteiger partial charge in [0.2, 0.25) is 0 Å². The van der Waals surface area contributed by atoms with Gasteiger partial charge in [0, 0.05) is 5.71 Å². The molecule has 1 unspecified atom stereocenters. The molecule has 0 radical (unpaired) electrons. The minimum absolute atomic E-state index is 0.944. The molecule has 2 heteroatoms. The number of hydrogen-bond donors (Lipinski definition) is 0. The van der Waals surface area contributed by atoms with Gasteiger partial charge in [-0.1, -0.05) is 6.58 Å². The van der Waals surface area contributed by atoms with Gasteiger partial charge >= 0.3 is 0 Å². The van der Waals surface area contributed by atoms with Crippen molar-refractivity contribution in [3.63, 3.8) is 0 Å². The summed E-state index contributed by atoms with van der Waals surface area (Å²) in [6, 6.07) is 0. The number of nitrogens with zero attached hydrogens (tertiary/aromatic N) is 1. The normalized spacial score (nSPS) is 11.3. The third-order valence-corrected chi connectivity index (χ3v) is 0.906. The third-order valence-electron chi connectivity index (χ3n) is 0.499. The molecule has 0 amide bonds. The summed E-state index contributed by atoms with van der Waals surface area (Å²) >= 11 is 0. The summed E-state index contributed by atoms with van der Waals surface area (Å²) in [5.74, 6) is 0. The Kier molecular flexibility index (Phi) is 2.97. The first-order valence-electron chi connectivity index (χ1n) is 1.68. The molecular formula is C4H8NP. The van der Waals surface area contributed by atoms with E-state index in [1.165, 1.54) is 0 Å². The number of rotatable bonds is 1. The maximum absolute atomic E-state index is 3.72. The van der Waals surface area contributed by atoms with Gasteiger partial charge < -0.3 is 0 Å². The minimum atomic E-state index is 0.944. The van der Waals surface area contributed by atoms with Crippen LogP contribution in [0.3, 0.4) is 0 Å². The highest BCUT2D eigenvalue weighted by atomic mass is 31.0. The molecule has 0 aliphatic rings. The van der Waals surface area contributed by atoms with Crippen molar-refractivity contribution in [1.29, 1.82) is 0 Å². The van der Waals surface area contributed by atoms with E-state index in [0.717, 1.165) is 5.71 Å². The van der Waals surface area contributed by atoms with E-state index in [2.05, 4.69) is 20.7 Å². The number of allylic oxidation sites excluding steroid dienone is 1. The Morgan fingerprint density at radius 3 is 2.50 bits per heavy atom. The average molecular weight is 101 g/mol. The maximum Gasteiger partial charge on any atom is 0.0349 e. The van der Waals surface area contributed by atoms with Crippen LogP contribution in [-0.4, -0.2) is 5.71 Å². The van der Waals surface area contributed by atoms with Gasteiger partial charge in [0.1, 0.15) is 0 Å². The van der Waals surface area contributed by atoms with E-state index < -0.39 is 0 Å². The molecule has 0 saturated heterocycles. The molecule has 0 aromatic carbocycles. The largest absolute Gasteiger partial charge is 0.273 e. The van der Waals surface area contributed by atoms with Crippen LogP contribution >= 0.6 is 9.39 Å². The molecule has 6 heavy (non-hydrogen) atoms. The molecule has 0 rings (SSSR count). The molecular weight excluding hydrogens is 93.0 g/mol. The lowest BCUT2D eigenvalue weighted by Crippen LogP contribution is -1.74. The van der Waals surface area contributed by atoms with E-state index in [0.29, 0.717) is 0 Å². The van der Waals surface area contributed by atoms with Crippen LogP contribution in [0.4, 0.5) is 0 Å². The number of hydrogen-bond acceptors (Lipinski definition) is 1. The van der Waals surface area contributed by atoms with Gasteiger partial charge in [-0.3, -0.25) is 4.76 Å². The summed E-state index contributed by atoms with van der Waals surface area (Å²) in [7, 11) is 2.26. The standard InChI is InChI=1S/C4H8NP/c1-3-4(2)5-6/h3H,1,6H2,2H3. The second-order valence-electron chi connectivity index (χ2n) is 0.975. The van der Waals surface area contributed by atoms with Crippen molar-refractivity contribution in [3.8, 4) is 0 Å². The topological polar surface area (TPSA) is 12.4 Å². The van der Waals surface area contributed by atoms with Crippen LogP contribution in [-0.2, 0) is 0 Å². The Balaban J connectivity index is 3.50. The van der Waals surface area contributed by atoms with Crippen molar-refractivity contribution in [1.82, 2.24) is 0 Å². The van der Waals surface area contributed by atoms with Crippen LogP contribution < -0.4 is 0 Å². The van der Waals surface area contributed by atoms with Crippen LogP contribution in [0.2, 0.25) is 0 Å². The second-order valence-corrected chi connectivity index (χ2v) is 1.23. The van der Waals surface area contributed by atoms with Crippen LogP contribution in [0, 0.1) is 0 Å². The molecule has 0 N–H and O–H groups in total. The van der Waals surface area contributed by atoms with Gasteiger partial charge in [-0.2, -0.15) is 0 Å². The molecule has 0 aliphatic carbocycles. The van der Waals surface area contributed by atoms with Gasteiger partial charge in [0.15, 0.2) is 0 Å². The van der Waals surface area contributed by atoms with E-state index in [1.54, 1.807) is 6.08 Å². The Morgan fingerprint density at radius 1 is 2.00 bits per heavy atom. The van der Waals surface area contributed by atoms with Gasteiger partial charge in [-0.25, -0.2) is 0 Å². The van der Waals surface area contributed by atoms with Gasteiger partial charge in [0.25, 0.3) is 0 Å². The lowest BCUT2D eigenvalue weighted by molar-refractivity contribution is 1.79. The van der Waals surface area contributed by atoms with Gasteiger partial charge in [-0.05, 0) is 22.4 Å². The molecule has 0 spiro atoms. The summed E-state index contributed by atoms with van der Waals surface area (Å²) in [5.41, 5.74) is 0.944. The molecule has 0 aliphatic heterocycles. The first-order chi connectivity index (χ1) is 2.81. The lowest BCUT2D eigenvalue weighted by Gasteiger charge is -1.77. The first kappa shape index (κ1) is 5.84. The summed E-state index contributed by atoms with van der Waals surface area (Å²) in [4.78, 5) is 0. The van der Waals surface area contributed by atoms with Crippen molar-refractivity contribution in [2.45, 2.75) is 6.92 Å². The Hall–Kier alpha value is -0.160. The molecule has 0 aromatic heterocycles. The maximum atomic E-state index is 3.72. The summed E-state index contributed by atoms with van der Waals surface area (Å²) in [6.07, 6.45) is 1.70. The average Bonchev–Trinajstić information content (AvgIpc) is 1.65. The van der Waals surface area contributed by atoms with E-state index >= 15 is 0 Å². The van der Waals surface area contributed by atoms with E-state index in [9.17, 15) is 0 Å². The van der Waals surface area contributed by atoms with Gasteiger partial charge in [0.05, 0.1) is 0 Å². The minimum Gasteiger partial charge on any atom is -0.273 e. The highest BCUT2D eigenvalue weighted by Crippen LogP contribution is 1.84. The molecule has 1 nitrogen and oxygen atoms in total. The van der Waals surface area contributed by atoms with Crippen LogP contribution in [0.25, 0.3) is 0 Å². The smallest absolute Gasteiger partial charge is 0.0349 e. The Bertz CT molecular complexity index is 75.6. The van der Waals surface area contributed by atoms with Crippen LogP contribution in [0.15, 0.2) is 17.4 Å². The third kappa shape index (κ3) is 2.10. The van der Waals surface area contributed by atoms with Gasteiger partial charge in [-0.15, -0.1) is 0 Å². The Labute approximate surface area is 40.4 Å². The van der Waals surface area contributed by atoms with Crippen molar-refractivity contribution >= 4 is 15.1 Å². The van der Waals surface area contributed by atoms with Crippen molar-refractivity contribution < 1.29 is 0 Å². The highest BCUT2D eigenvalue weighted by Gasteiger charge is 1.68. The molecule has 1 atom stereocenters. The fourth-order valence-electron chi connectivity index (χ4n) is 0.0527. The zero-order chi connectivity index (χ0) is 4.99.